The third-order valence-corrected chi connectivity index (χ3v) is 6.95. The predicted molar refractivity (Wildman–Crippen MR) is 137 cm³/mol. The van der Waals surface area contributed by atoms with Crippen molar-refractivity contribution in [2.45, 2.75) is 58.5 Å². The number of ketones is 1. The largest absolute Gasteiger partial charge is 0.507 e. The van der Waals surface area contributed by atoms with E-state index in [4.69, 9.17) is 14.2 Å². The summed E-state index contributed by atoms with van der Waals surface area (Å²) in [4.78, 5) is 28.5. The number of nitrogens with zero attached hydrogens (tertiary/aromatic N) is 1. The van der Waals surface area contributed by atoms with Gasteiger partial charge in [0.25, 0.3) is 11.7 Å². The summed E-state index contributed by atoms with van der Waals surface area (Å²) in [5.74, 6) is 0.546. The molecule has 4 rings (SSSR count). The second-order valence-corrected chi connectivity index (χ2v) is 9.91. The minimum absolute atomic E-state index is 0.0636. The van der Waals surface area contributed by atoms with E-state index in [1.807, 2.05) is 13.0 Å². The highest BCUT2D eigenvalue weighted by Gasteiger charge is 2.50. The first-order chi connectivity index (χ1) is 17.3. The Balaban J connectivity index is 1.86. The number of carbonyl (C=O) groups is 2. The molecule has 1 N–H and O–H groups in total. The zero-order valence-electron chi connectivity index (χ0n) is 21.7. The zero-order valence-corrected chi connectivity index (χ0v) is 21.7. The molecule has 1 atom stereocenters. The third kappa shape index (κ3) is 4.66. The quantitative estimate of drug-likeness (QED) is 0.301. The number of hydrogen-bond donors (Lipinski definition) is 1. The minimum atomic E-state index is -0.782. The zero-order chi connectivity index (χ0) is 26.0. The van der Waals surface area contributed by atoms with Gasteiger partial charge in [0.15, 0.2) is 11.5 Å². The lowest BCUT2D eigenvalue weighted by Gasteiger charge is -2.31. The highest BCUT2D eigenvalue weighted by molar-refractivity contribution is 6.46. The number of amides is 1. The number of aliphatic hydroxyl groups is 1. The van der Waals surface area contributed by atoms with Crippen LogP contribution in [0.2, 0.25) is 0 Å². The number of ether oxygens (including phenoxy) is 3. The first kappa shape index (κ1) is 25.6. The Morgan fingerprint density at radius 1 is 1.06 bits per heavy atom. The molecule has 0 aromatic heterocycles. The van der Waals surface area contributed by atoms with E-state index in [1.54, 1.807) is 42.3 Å². The van der Waals surface area contributed by atoms with Crippen LogP contribution in [0.1, 0.15) is 62.3 Å². The van der Waals surface area contributed by atoms with E-state index < -0.39 is 17.7 Å². The fourth-order valence-corrected chi connectivity index (χ4v) is 5.21. The lowest BCUT2D eigenvalue weighted by molar-refractivity contribution is -0.141. The molecule has 1 aliphatic carbocycles. The van der Waals surface area contributed by atoms with Crippen LogP contribution in [0.5, 0.6) is 17.2 Å². The van der Waals surface area contributed by atoms with Crippen molar-refractivity contribution in [2.75, 3.05) is 20.8 Å². The molecule has 0 spiro atoms. The first-order valence-electron chi connectivity index (χ1n) is 12.5. The maximum atomic E-state index is 13.4. The van der Waals surface area contributed by atoms with Crippen molar-refractivity contribution in [3.05, 3.63) is 58.7 Å². The smallest absolute Gasteiger partial charge is 0.295 e. The standard InChI is InChI=1S/C29H35NO6/c1-17(2)16-36-22-14-13-19(15-18(22)3)26(31)24-25(21-11-8-12-23(34-4)28(21)35-5)30(29(33)27(24)32)20-9-6-7-10-20/h8,11-15,17,20,25,31H,6-7,9-10,16H2,1-5H3/b26-24-. The minimum Gasteiger partial charge on any atom is -0.507 e. The molecule has 1 aliphatic heterocycles. The number of aryl methyl sites for hydroxylation is 1. The van der Waals surface area contributed by atoms with Crippen molar-refractivity contribution in [3.8, 4) is 17.2 Å². The Bertz CT molecular complexity index is 1180. The molecule has 36 heavy (non-hydrogen) atoms. The summed E-state index contributed by atoms with van der Waals surface area (Å²) in [6, 6.07) is 9.83. The number of rotatable bonds is 8. The van der Waals surface area contributed by atoms with E-state index in [1.165, 1.54) is 7.11 Å². The van der Waals surface area contributed by atoms with Crippen LogP contribution < -0.4 is 14.2 Å². The normalized spacial score (nSPS) is 19.8. The molecule has 0 radical (unpaired) electrons. The number of benzene rings is 2. The van der Waals surface area contributed by atoms with Crippen molar-refractivity contribution >= 4 is 17.4 Å². The number of likely N-dealkylation sites (tertiary alicyclic amines) is 1. The van der Waals surface area contributed by atoms with E-state index in [0.29, 0.717) is 35.2 Å². The molecule has 2 aromatic carbocycles. The van der Waals surface area contributed by atoms with Crippen molar-refractivity contribution in [1.29, 1.82) is 0 Å². The SMILES string of the molecule is COc1cccc(C2/C(=C(/O)c3ccc(OCC(C)C)c(C)c3)C(=O)C(=O)N2C2CCCC2)c1OC. The summed E-state index contributed by atoms with van der Waals surface area (Å²) in [5.41, 5.74) is 1.97. The number of carbonyl (C=O) groups excluding carboxylic acids is 2. The fourth-order valence-electron chi connectivity index (χ4n) is 5.21. The van der Waals surface area contributed by atoms with Crippen LogP contribution in [-0.4, -0.2) is 48.6 Å². The molecule has 7 nitrogen and oxygen atoms in total. The monoisotopic (exact) mass is 493 g/mol. The van der Waals surface area contributed by atoms with Crippen LogP contribution in [0, 0.1) is 12.8 Å². The Morgan fingerprint density at radius 2 is 1.78 bits per heavy atom. The molecule has 7 heteroatoms. The number of methoxy groups -OCH3 is 2. The number of para-hydroxylation sites is 1. The van der Waals surface area contributed by atoms with Crippen LogP contribution in [-0.2, 0) is 9.59 Å². The topological polar surface area (TPSA) is 85.3 Å². The number of aliphatic hydroxyl groups excluding tert-OH is 1. The molecule has 0 bridgehead atoms. The van der Waals surface area contributed by atoms with Gasteiger partial charge in [-0.1, -0.05) is 38.8 Å². The average molecular weight is 494 g/mol. The van der Waals surface area contributed by atoms with Crippen molar-refractivity contribution < 1.29 is 28.9 Å². The number of Topliss-reactive ketones (excluding diaryl/α,β-unsaturated/α-hetero) is 1. The van der Waals surface area contributed by atoms with E-state index >= 15 is 0 Å². The molecule has 2 aromatic rings. The van der Waals surface area contributed by atoms with Crippen LogP contribution in [0.4, 0.5) is 0 Å². The second-order valence-electron chi connectivity index (χ2n) is 9.91. The maximum Gasteiger partial charge on any atom is 0.295 e. The molecule has 1 amide bonds. The first-order valence-corrected chi connectivity index (χ1v) is 12.5. The van der Waals surface area contributed by atoms with Crippen LogP contribution >= 0.6 is 0 Å². The van der Waals surface area contributed by atoms with Crippen LogP contribution in [0.25, 0.3) is 5.76 Å². The molecule has 1 saturated carbocycles. The summed E-state index contributed by atoms with van der Waals surface area (Å²) in [6.07, 6.45) is 3.62. The van der Waals surface area contributed by atoms with Gasteiger partial charge in [0.05, 0.1) is 32.4 Å². The molecule has 1 heterocycles. The van der Waals surface area contributed by atoms with Gasteiger partial charge in [0, 0.05) is 17.2 Å². The van der Waals surface area contributed by atoms with E-state index in [0.717, 1.165) is 37.0 Å². The molecule has 1 unspecified atom stereocenters. The summed E-state index contributed by atoms with van der Waals surface area (Å²) in [5, 5.41) is 11.5. The molecule has 2 fully saturated rings. The summed E-state index contributed by atoms with van der Waals surface area (Å²) < 4.78 is 17.0. The molecule has 1 saturated heterocycles. The maximum absolute atomic E-state index is 13.4. The molecule has 2 aliphatic rings. The van der Waals surface area contributed by atoms with Gasteiger partial charge < -0.3 is 24.2 Å². The fraction of sp³-hybridized carbons (Fsp3) is 0.448. The number of hydrogen-bond acceptors (Lipinski definition) is 6. The van der Waals surface area contributed by atoms with Gasteiger partial charge in [0.2, 0.25) is 0 Å². The predicted octanol–water partition coefficient (Wildman–Crippen LogP) is 5.41. The van der Waals surface area contributed by atoms with Gasteiger partial charge in [-0.25, -0.2) is 0 Å². The van der Waals surface area contributed by atoms with Crippen molar-refractivity contribution in [1.82, 2.24) is 4.90 Å². The summed E-state index contributed by atoms with van der Waals surface area (Å²) in [7, 11) is 3.07. The molecule has 192 valence electrons. The second kappa shape index (κ2) is 10.6. The van der Waals surface area contributed by atoms with Gasteiger partial charge in [-0.2, -0.15) is 0 Å². The summed E-state index contributed by atoms with van der Waals surface area (Å²) >= 11 is 0. The Kier molecular flexibility index (Phi) is 7.57. The van der Waals surface area contributed by atoms with Gasteiger partial charge in [-0.05, 0) is 55.5 Å². The lowest BCUT2D eigenvalue weighted by atomic mass is 9.93. The van der Waals surface area contributed by atoms with Crippen LogP contribution in [0.15, 0.2) is 42.0 Å². The van der Waals surface area contributed by atoms with Crippen molar-refractivity contribution in [2.24, 2.45) is 5.92 Å². The van der Waals surface area contributed by atoms with E-state index in [-0.39, 0.29) is 17.4 Å². The summed E-state index contributed by atoms with van der Waals surface area (Å²) in [6.45, 7) is 6.62. The van der Waals surface area contributed by atoms with Gasteiger partial charge in [-0.3, -0.25) is 9.59 Å². The van der Waals surface area contributed by atoms with E-state index in [2.05, 4.69) is 13.8 Å². The highest BCUT2D eigenvalue weighted by Crippen LogP contribution is 2.48. The lowest BCUT2D eigenvalue weighted by Crippen LogP contribution is -2.37. The Labute approximate surface area is 212 Å². The third-order valence-electron chi connectivity index (χ3n) is 6.95. The Hall–Kier alpha value is -3.48. The van der Waals surface area contributed by atoms with Gasteiger partial charge >= 0.3 is 0 Å². The van der Waals surface area contributed by atoms with Gasteiger partial charge in [0.1, 0.15) is 11.5 Å². The van der Waals surface area contributed by atoms with Crippen molar-refractivity contribution in [3.63, 3.8) is 0 Å². The Morgan fingerprint density at radius 3 is 2.39 bits per heavy atom. The molecular formula is C29H35NO6. The average Bonchev–Trinajstić information content (AvgIpc) is 3.48. The molecular weight excluding hydrogens is 458 g/mol. The highest BCUT2D eigenvalue weighted by atomic mass is 16.5. The van der Waals surface area contributed by atoms with Gasteiger partial charge in [-0.15, -0.1) is 0 Å². The van der Waals surface area contributed by atoms with Crippen LogP contribution in [0.3, 0.4) is 0 Å². The van der Waals surface area contributed by atoms with E-state index in [9.17, 15) is 14.7 Å².